The highest BCUT2D eigenvalue weighted by atomic mass is 32.1. The number of carbonyl (C=O) groups is 1. The molecule has 8 heteroatoms. The van der Waals surface area contributed by atoms with Gasteiger partial charge in [-0.15, -0.1) is 11.3 Å². The van der Waals surface area contributed by atoms with E-state index in [0.717, 1.165) is 0 Å². The van der Waals surface area contributed by atoms with Gasteiger partial charge in [0.1, 0.15) is 10.5 Å². The number of carbonyl (C=O) groups excluding carboxylic acids is 1. The molecule has 6 nitrogen and oxygen atoms in total. The molecule has 1 N–H and O–H groups in total. The number of H-pyrrole nitrogens is 1. The second-order valence-electron chi connectivity index (χ2n) is 5.12. The Labute approximate surface area is 140 Å². The summed E-state index contributed by atoms with van der Waals surface area (Å²) in [4.78, 5) is 32.3. The fraction of sp³-hybridized carbons (Fsp3) is 0.188. The number of amides is 1. The van der Waals surface area contributed by atoms with Gasteiger partial charge in [-0.1, -0.05) is 12.1 Å². The maximum atomic E-state index is 13.5. The number of para-hydroxylation sites is 1. The summed E-state index contributed by atoms with van der Waals surface area (Å²) in [5.74, 6) is -0.480. The van der Waals surface area contributed by atoms with Gasteiger partial charge in [-0.05, 0) is 23.6 Å². The van der Waals surface area contributed by atoms with Crippen molar-refractivity contribution in [2.24, 2.45) is 0 Å². The van der Waals surface area contributed by atoms with Crippen LogP contribution in [0.4, 0.5) is 4.39 Å². The van der Waals surface area contributed by atoms with Crippen LogP contribution in [0.15, 0.2) is 40.5 Å². The first-order valence-electron chi connectivity index (χ1n) is 7.12. The van der Waals surface area contributed by atoms with Crippen LogP contribution in [0.1, 0.15) is 5.82 Å². The van der Waals surface area contributed by atoms with Crippen molar-refractivity contribution in [3.63, 3.8) is 0 Å². The Bertz CT molecular complexity index is 937. The van der Waals surface area contributed by atoms with Crippen LogP contribution in [0.25, 0.3) is 10.2 Å². The predicted molar refractivity (Wildman–Crippen MR) is 88.6 cm³/mol. The first-order valence-corrected chi connectivity index (χ1v) is 8.00. The van der Waals surface area contributed by atoms with E-state index in [-0.39, 0.29) is 30.4 Å². The molecule has 0 spiro atoms. The summed E-state index contributed by atoms with van der Waals surface area (Å²) in [6.07, 6.45) is 0. The first kappa shape index (κ1) is 16.1. The van der Waals surface area contributed by atoms with Gasteiger partial charge in [0, 0.05) is 7.05 Å². The Morgan fingerprint density at radius 2 is 2.17 bits per heavy atom. The van der Waals surface area contributed by atoms with E-state index >= 15 is 0 Å². The highest BCUT2D eigenvalue weighted by Gasteiger charge is 2.14. The highest BCUT2D eigenvalue weighted by molar-refractivity contribution is 7.17. The van der Waals surface area contributed by atoms with Crippen LogP contribution < -0.4 is 10.3 Å². The van der Waals surface area contributed by atoms with Gasteiger partial charge in [0.25, 0.3) is 11.5 Å². The lowest BCUT2D eigenvalue weighted by atomic mass is 10.3. The Morgan fingerprint density at radius 3 is 2.96 bits per heavy atom. The predicted octanol–water partition coefficient (Wildman–Crippen LogP) is 2.16. The Hall–Kier alpha value is -2.74. The molecule has 0 aliphatic carbocycles. The normalized spacial score (nSPS) is 10.8. The zero-order chi connectivity index (χ0) is 17.1. The maximum absolute atomic E-state index is 13.5. The molecule has 1 amide bonds. The van der Waals surface area contributed by atoms with E-state index in [0.29, 0.717) is 16.0 Å². The third-order valence-corrected chi connectivity index (χ3v) is 4.27. The largest absolute Gasteiger partial charge is 0.481 e. The second-order valence-corrected chi connectivity index (χ2v) is 6.03. The van der Waals surface area contributed by atoms with Gasteiger partial charge in [0.2, 0.25) is 0 Å². The van der Waals surface area contributed by atoms with Crippen LogP contribution in [0.5, 0.6) is 5.75 Å². The number of thiophene rings is 1. The zero-order valence-electron chi connectivity index (χ0n) is 12.8. The molecule has 0 aliphatic heterocycles. The van der Waals surface area contributed by atoms with Gasteiger partial charge in [0.05, 0.1) is 12.1 Å². The summed E-state index contributed by atoms with van der Waals surface area (Å²) in [5.41, 5.74) is 0.371. The molecule has 0 bridgehead atoms. The van der Waals surface area contributed by atoms with Gasteiger partial charge in [0.15, 0.2) is 18.2 Å². The third-order valence-electron chi connectivity index (χ3n) is 3.36. The molecule has 0 atom stereocenters. The minimum absolute atomic E-state index is 0.0190. The van der Waals surface area contributed by atoms with Gasteiger partial charge in [-0.3, -0.25) is 9.59 Å². The Balaban J connectivity index is 1.65. The molecule has 0 aliphatic rings. The average Bonchev–Trinajstić information content (AvgIpc) is 3.03. The Kier molecular flexibility index (Phi) is 4.57. The second kappa shape index (κ2) is 6.79. The van der Waals surface area contributed by atoms with Crippen LogP contribution in [0.3, 0.4) is 0 Å². The summed E-state index contributed by atoms with van der Waals surface area (Å²) in [5, 5.41) is 1.79. The van der Waals surface area contributed by atoms with Crippen molar-refractivity contribution in [1.29, 1.82) is 0 Å². The molecular weight excluding hydrogens is 333 g/mol. The number of benzene rings is 1. The number of aromatic amines is 1. The Morgan fingerprint density at radius 1 is 1.38 bits per heavy atom. The molecule has 3 rings (SSSR count). The number of likely N-dealkylation sites (N-methyl/N-ethyl adjacent to an activating group) is 1. The van der Waals surface area contributed by atoms with Crippen molar-refractivity contribution in [3.05, 3.63) is 57.7 Å². The van der Waals surface area contributed by atoms with Crippen molar-refractivity contribution in [2.45, 2.75) is 6.54 Å². The van der Waals surface area contributed by atoms with E-state index in [1.807, 2.05) is 0 Å². The number of hydrogen-bond acceptors (Lipinski definition) is 5. The lowest BCUT2D eigenvalue weighted by Crippen LogP contribution is -2.32. The third kappa shape index (κ3) is 3.43. The summed E-state index contributed by atoms with van der Waals surface area (Å²) in [7, 11) is 1.56. The molecule has 2 heterocycles. The van der Waals surface area contributed by atoms with Gasteiger partial charge < -0.3 is 14.6 Å². The molecule has 0 saturated heterocycles. The number of halogens is 1. The zero-order valence-corrected chi connectivity index (χ0v) is 13.6. The van der Waals surface area contributed by atoms with Crippen molar-refractivity contribution in [1.82, 2.24) is 14.9 Å². The monoisotopic (exact) mass is 347 g/mol. The number of ether oxygens (including phenoxy) is 1. The lowest BCUT2D eigenvalue weighted by molar-refractivity contribution is -0.132. The van der Waals surface area contributed by atoms with Crippen molar-refractivity contribution in [2.75, 3.05) is 13.7 Å². The van der Waals surface area contributed by atoms with Gasteiger partial charge in [-0.2, -0.15) is 0 Å². The van der Waals surface area contributed by atoms with Crippen molar-refractivity contribution in [3.8, 4) is 5.75 Å². The van der Waals surface area contributed by atoms with Gasteiger partial charge in [-0.25, -0.2) is 9.37 Å². The average molecular weight is 347 g/mol. The van der Waals surface area contributed by atoms with Gasteiger partial charge >= 0.3 is 0 Å². The summed E-state index contributed by atoms with van der Waals surface area (Å²) in [6, 6.07) is 7.62. The van der Waals surface area contributed by atoms with Crippen molar-refractivity contribution >= 4 is 27.5 Å². The molecule has 1 aromatic carbocycles. The fourth-order valence-corrected chi connectivity index (χ4v) is 2.85. The first-order chi connectivity index (χ1) is 11.5. The molecule has 24 heavy (non-hydrogen) atoms. The smallest absolute Gasteiger partial charge is 0.268 e. The number of fused-ring (bicyclic) bond motifs is 1. The summed E-state index contributed by atoms with van der Waals surface area (Å²) < 4.78 is 19.2. The SMILES string of the molecule is CN(Cc1nc2ccsc2c(=O)[nH]1)C(=O)COc1ccccc1F. The molecule has 2 aromatic heterocycles. The van der Waals surface area contributed by atoms with E-state index in [1.54, 1.807) is 30.6 Å². The molecular formula is C16H14FN3O3S. The summed E-state index contributed by atoms with van der Waals surface area (Å²) >= 11 is 1.31. The van der Waals surface area contributed by atoms with E-state index in [1.165, 1.54) is 28.4 Å². The number of rotatable bonds is 5. The van der Waals surface area contributed by atoms with E-state index < -0.39 is 5.82 Å². The van der Waals surface area contributed by atoms with Crippen LogP contribution in [-0.4, -0.2) is 34.4 Å². The van der Waals surface area contributed by atoms with Crippen LogP contribution in [0, 0.1) is 5.82 Å². The topological polar surface area (TPSA) is 75.3 Å². The molecule has 3 aromatic rings. The minimum Gasteiger partial charge on any atom is -0.481 e. The summed E-state index contributed by atoms with van der Waals surface area (Å²) in [6.45, 7) is -0.178. The molecule has 124 valence electrons. The number of aromatic nitrogens is 2. The molecule has 0 saturated carbocycles. The van der Waals surface area contributed by atoms with Crippen molar-refractivity contribution < 1.29 is 13.9 Å². The molecule has 0 unspecified atom stereocenters. The van der Waals surface area contributed by atoms with E-state index in [4.69, 9.17) is 4.74 Å². The van der Waals surface area contributed by atoms with Crippen LogP contribution in [-0.2, 0) is 11.3 Å². The lowest BCUT2D eigenvalue weighted by Gasteiger charge is -2.17. The standard InChI is InChI=1S/C16H14FN3O3S/c1-20(14(21)9-23-12-5-3-2-4-10(12)17)8-13-18-11-6-7-24-15(11)16(22)19-13/h2-7H,8-9H2,1H3,(H,18,19,22). The fourth-order valence-electron chi connectivity index (χ4n) is 2.12. The minimum atomic E-state index is -0.526. The van der Waals surface area contributed by atoms with E-state index in [2.05, 4.69) is 9.97 Å². The van der Waals surface area contributed by atoms with E-state index in [9.17, 15) is 14.0 Å². The number of nitrogens with one attached hydrogen (secondary N) is 1. The maximum Gasteiger partial charge on any atom is 0.268 e. The number of hydrogen-bond donors (Lipinski definition) is 1. The number of nitrogens with zero attached hydrogens (tertiary/aromatic N) is 2. The van der Waals surface area contributed by atoms with Crippen LogP contribution >= 0.6 is 11.3 Å². The molecule has 0 fully saturated rings. The van der Waals surface area contributed by atoms with Crippen LogP contribution in [0.2, 0.25) is 0 Å². The molecule has 0 radical (unpaired) electrons. The quantitative estimate of drug-likeness (QED) is 0.767. The highest BCUT2D eigenvalue weighted by Crippen LogP contribution is 2.16.